The molecule has 8 nitrogen and oxygen atoms in total. The number of rotatable bonds is 4. The fourth-order valence-electron chi connectivity index (χ4n) is 2.80. The summed E-state index contributed by atoms with van der Waals surface area (Å²) in [6.07, 6.45) is 0. The number of amides is 1. The van der Waals surface area contributed by atoms with Crippen LogP contribution in [0.1, 0.15) is 12.5 Å². The highest BCUT2D eigenvalue weighted by Gasteiger charge is 2.43. The van der Waals surface area contributed by atoms with Crippen molar-refractivity contribution in [3.8, 4) is 0 Å². The number of hydrogen-bond donors (Lipinski definition) is 2. The fraction of sp³-hybridized carbons (Fsp3) is 0.500. The molecule has 3 N–H and O–H groups in total. The number of benzene rings is 1. The Morgan fingerprint density at radius 3 is 2.61 bits per heavy atom. The van der Waals surface area contributed by atoms with Crippen LogP contribution in [0.2, 0.25) is 0 Å². The molecule has 2 rings (SSSR count). The van der Waals surface area contributed by atoms with Crippen LogP contribution in [0.5, 0.6) is 0 Å². The van der Waals surface area contributed by atoms with Crippen LogP contribution in [0, 0.1) is 10.1 Å². The number of anilines is 1. The zero-order chi connectivity index (χ0) is 17.2. The Kier molecular flexibility index (Phi) is 5.23. The van der Waals surface area contributed by atoms with Gasteiger partial charge in [-0.2, -0.15) is 0 Å². The Bertz CT molecular complexity index is 633. The highest BCUT2D eigenvalue weighted by molar-refractivity contribution is 9.10. The first-order chi connectivity index (χ1) is 10.8. The molecule has 1 unspecified atom stereocenters. The van der Waals surface area contributed by atoms with Crippen LogP contribution >= 0.6 is 15.9 Å². The van der Waals surface area contributed by atoms with E-state index in [4.69, 9.17) is 10.5 Å². The molecule has 0 aliphatic carbocycles. The summed E-state index contributed by atoms with van der Waals surface area (Å²) >= 11 is 3.35. The zero-order valence-electron chi connectivity index (χ0n) is 13.0. The number of nitrogens with one attached hydrogen (secondary N) is 1. The van der Waals surface area contributed by atoms with Gasteiger partial charge in [0, 0.05) is 30.7 Å². The third-order valence-electron chi connectivity index (χ3n) is 4.15. The first-order valence-corrected chi connectivity index (χ1v) is 7.90. The summed E-state index contributed by atoms with van der Waals surface area (Å²) < 4.78 is 5.82. The predicted octanol–water partition coefficient (Wildman–Crippen LogP) is 1.23. The molecule has 1 atom stereocenters. The minimum absolute atomic E-state index is 0.0246. The average Bonchev–Trinajstić information content (AvgIpc) is 2.55. The van der Waals surface area contributed by atoms with Crippen molar-refractivity contribution in [2.45, 2.75) is 12.5 Å². The van der Waals surface area contributed by atoms with E-state index in [1.54, 1.807) is 14.0 Å². The van der Waals surface area contributed by atoms with Crippen molar-refractivity contribution in [2.75, 3.05) is 39.1 Å². The molecule has 9 heteroatoms. The molecule has 0 aromatic heterocycles. The van der Waals surface area contributed by atoms with E-state index in [1.807, 2.05) is 4.90 Å². The molecular weight excluding hydrogens is 368 g/mol. The normalized spacial score (nSPS) is 18.2. The second kappa shape index (κ2) is 6.81. The lowest BCUT2D eigenvalue weighted by Crippen LogP contribution is -2.57. The Hall–Kier alpha value is -1.71. The maximum atomic E-state index is 12.6. The summed E-state index contributed by atoms with van der Waals surface area (Å²) in [5.74, 6) is -0.214. The number of likely N-dealkylation sites (N-methyl/N-ethyl adjacent to an activating group) is 1. The quantitative estimate of drug-likeness (QED) is 0.457. The van der Waals surface area contributed by atoms with Crippen molar-refractivity contribution in [1.29, 1.82) is 0 Å². The van der Waals surface area contributed by atoms with Crippen LogP contribution in [0.3, 0.4) is 0 Å². The minimum atomic E-state index is -1.01. The van der Waals surface area contributed by atoms with E-state index in [9.17, 15) is 14.9 Å². The van der Waals surface area contributed by atoms with Crippen LogP contribution in [-0.4, -0.2) is 49.1 Å². The number of nitrogen functional groups attached to an aromatic ring is 1. The fourth-order valence-corrected chi connectivity index (χ4v) is 3.52. The summed E-state index contributed by atoms with van der Waals surface area (Å²) in [7, 11) is 1.56. The number of nitro groups is 1. The molecule has 1 aliphatic rings. The van der Waals surface area contributed by atoms with E-state index >= 15 is 0 Å². The smallest absolute Gasteiger partial charge is 0.293 e. The lowest BCUT2D eigenvalue weighted by Gasteiger charge is -2.42. The first kappa shape index (κ1) is 17.6. The van der Waals surface area contributed by atoms with Gasteiger partial charge in [0.25, 0.3) is 5.69 Å². The number of nitrogens with two attached hydrogens (primary N) is 1. The Morgan fingerprint density at radius 1 is 1.48 bits per heavy atom. The molecule has 1 heterocycles. The summed E-state index contributed by atoms with van der Waals surface area (Å²) in [5, 5.41) is 13.7. The molecule has 1 aromatic carbocycles. The Labute approximate surface area is 142 Å². The minimum Gasteiger partial charge on any atom is -0.393 e. The van der Waals surface area contributed by atoms with Gasteiger partial charge in [-0.15, -0.1) is 0 Å². The number of halogens is 1. The highest BCUT2D eigenvalue weighted by atomic mass is 79.9. The van der Waals surface area contributed by atoms with Gasteiger partial charge < -0.3 is 15.8 Å². The zero-order valence-corrected chi connectivity index (χ0v) is 14.6. The third kappa shape index (κ3) is 3.17. The first-order valence-electron chi connectivity index (χ1n) is 7.11. The number of nitro benzene ring substituents is 1. The standard InChI is InChI=1S/C14H19BrN4O4/c1-14(13(20)17-2,18-3-5-23-6-4-18)9-7-11(16)12(19(21)22)8-10(9)15/h7-8H,3-6,16H2,1-2H3,(H,17,20). The SMILES string of the molecule is CNC(=O)C(C)(c1cc(N)c([N+](=O)[O-])cc1Br)N1CCOCC1. The van der Waals surface area contributed by atoms with Gasteiger partial charge in [0.15, 0.2) is 0 Å². The molecule has 1 amide bonds. The van der Waals surface area contributed by atoms with Crippen molar-refractivity contribution in [3.63, 3.8) is 0 Å². The monoisotopic (exact) mass is 386 g/mol. The highest BCUT2D eigenvalue weighted by Crippen LogP contribution is 2.39. The van der Waals surface area contributed by atoms with Crippen molar-refractivity contribution in [1.82, 2.24) is 10.2 Å². The Balaban J connectivity index is 2.58. The maximum absolute atomic E-state index is 12.6. The van der Waals surface area contributed by atoms with Gasteiger partial charge in [-0.25, -0.2) is 0 Å². The van der Waals surface area contributed by atoms with Crippen LogP contribution in [0.4, 0.5) is 11.4 Å². The summed E-state index contributed by atoms with van der Waals surface area (Å²) in [4.78, 5) is 25.1. The summed E-state index contributed by atoms with van der Waals surface area (Å²) in [6.45, 7) is 3.97. The maximum Gasteiger partial charge on any atom is 0.293 e. The van der Waals surface area contributed by atoms with Gasteiger partial charge in [0.05, 0.1) is 18.1 Å². The second-order valence-corrected chi connectivity index (χ2v) is 6.25. The predicted molar refractivity (Wildman–Crippen MR) is 89.0 cm³/mol. The van der Waals surface area contributed by atoms with E-state index in [0.29, 0.717) is 36.3 Å². The van der Waals surface area contributed by atoms with Crippen molar-refractivity contribution < 1.29 is 14.5 Å². The number of morpholine rings is 1. The second-order valence-electron chi connectivity index (χ2n) is 5.40. The third-order valence-corrected chi connectivity index (χ3v) is 4.81. The van der Waals surface area contributed by atoms with Gasteiger partial charge in [-0.05, 0) is 18.6 Å². The molecule has 126 valence electrons. The van der Waals surface area contributed by atoms with E-state index in [0.717, 1.165) is 0 Å². The number of nitrogens with zero attached hydrogens (tertiary/aromatic N) is 2. The Morgan fingerprint density at radius 2 is 2.09 bits per heavy atom. The van der Waals surface area contributed by atoms with E-state index in [1.165, 1.54) is 12.1 Å². The van der Waals surface area contributed by atoms with Gasteiger partial charge >= 0.3 is 0 Å². The van der Waals surface area contributed by atoms with Crippen molar-refractivity contribution in [2.24, 2.45) is 0 Å². The molecule has 1 saturated heterocycles. The molecule has 0 spiro atoms. The van der Waals surface area contributed by atoms with Gasteiger partial charge in [0.1, 0.15) is 11.2 Å². The number of carbonyl (C=O) groups is 1. The van der Waals surface area contributed by atoms with Gasteiger partial charge in [-0.3, -0.25) is 19.8 Å². The van der Waals surface area contributed by atoms with Crippen LogP contribution < -0.4 is 11.1 Å². The van der Waals surface area contributed by atoms with Crippen molar-refractivity contribution in [3.05, 3.63) is 32.3 Å². The van der Waals surface area contributed by atoms with Gasteiger partial charge in [0.2, 0.25) is 5.91 Å². The average molecular weight is 387 g/mol. The van der Waals surface area contributed by atoms with Gasteiger partial charge in [-0.1, -0.05) is 15.9 Å². The molecule has 1 aliphatic heterocycles. The van der Waals surface area contributed by atoms with Crippen LogP contribution in [0.25, 0.3) is 0 Å². The lowest BCUT2D eigenvalue weighted by atomic mass is 9.87. The number of carbonyl (C=O) groups excluding carboxylic acids is 1. The summed E-state index contributed by atoms with van der Waals surface area (Å²) in [5.41, 5.74) is 5.23. The molecule has 1 fully saturated rings. The molecule has 0 saturated carbocycles. The van der Waals surface area contributed by atoms with Crippen LogP contribution in [0.15, 0.2) is 16.6 Å². The number of hydrogen-bond acceptors (Lipinski definition) is 6. The van der Waals surface area contributed by atoms with E-state index in [-0.39, 0.29) is 17.3 Å². The number of ether oxygens (including phenoxy) is 1. The van der Waals surface area contributed by atoms with E-state index < -0.39 is 10.5 Å². The molecular formula is C14H19BrN4O4. The lowest BCUT2D eigenvalue weighted by molar-refractivity contribution is -0.384. The summed E-state index contributed by atoms with van der Waals surface area (Å²) in [6, 6.07) is 2.83. The largest absolute Gasteiger partial charge is 0.393 e. The van der Waals surface area contributed by atoms with Crippen LogP contribution in [-0.2, 0) is 15.1 Å². The van der Waals surface area contributed by atoms with Crippen molar-refractivity contribution >= 4 is 33.2 Å². The molecule has 0 radical (unpaired) electrons. The van der Waals surface area contributed by atoms with E-state index in [2.05, 4.69) is 21.2 Å². The molecule has 0 bridgehead atoms. The molecule has 1 aromatic rings. The molecule has 23 heavy (non-hydrogen) atoms. The topological polar surface area (TPSA) is 111 Å².